The molecule has 1 heterocycles. The van der Waals surface area contributed by atoms with Crippen molar-refractivity contribution in [2.45, 2.75) is 32.4 Å². The largest absolute Gasteiger partial charge is 0.306 e. The van der Waals surface area contributed by atoms with Gasteiger partial charge < -0.3 is 5.32 Å². The summed E-state index contributed by atoms with van der Waals surface area (Å²) in [4.78, 5) is 0. The Labute approximate surface area is 112 Å². The molecule has 0 fully saturated rings. The lowest BCUT2D eigenvalue weighted by Gasteiger charge is -2.13. The smallest absolute Gasteiger partial charge is 0.0535 e. The van der Waals surface area contributed by atoms with Crippen LogP contribution in [0, 0.1) is 6.92 Å². The van der Waals surface area contributed by atoms with Gasteiger partial charge in [-0.2, -0.15) is 5.10 Å². The topological polar surface area (TPSA) is 40.7 Å². The van der Waals surface area contributed by atoms with Gasteiger partial charge in [-0.25, -0.2) is 0 Å². The average molecular weight is 262 g/mol. The number of H-pyrrole nitrogens is 1. The van der Waals surface area contributed by atoms with E-state index in [9.17, 15) is 0 Å². The van der Waals surface area contributed by atoms with Crippen molar-refractivity contribution < 1.29 is 0 Å². The predicted octanol–water partition coefficient (Wildman–Crippen LogP) is 3.15. The number of nitrogens with zero attached hydrogens (tertiary/aromatic N) is 1. The number of aromatic amines is 1. The number of fused-ring (bicyclic) bond motifs is 1. The van der Waals surface area contributed by atoms with Crippen LogP contribution in [0.3, 0.4) is 0 Å². The van der Waals surface area contributed by atoms with Crippen LogP contribution in [0.2, 0.25) is 5.02 Å². The standard InChI is InChI=1S/C14H16ClN3/c1-9-11(8-17-18-9)7-16-14-5-2-10-6-12(15)3-4-13(10)14/h3-4,6,8,14,16H,2,5,7H2,1H3,(H,17,18). The highest BCUT2D eigenvalue weighted by Crippen LogP contribution is 2.33. The molecule has 0 radical (unpaired) electrons. The number of benzene rings is 1. The van der Waals surface area contributed by atoms with Crippen molar-refractivity contribution in [1.29, 1.82) is 0 Å². The molecule has 3 rings (SSSR count). The van der Waals surface area contributed by atoms with Crippen LogP contribution in [0.5, 0.6) is 0 Å². The molecule has 1 aliphatic rings. The fourth-order valence-corrected chi connectivity index (χ4v) is 2.78. The van der Waals surface area contributed by atoms with E-state index in [2.05, 4.69) is 27.6 Å². The van der Waals surface area contributed by atoms with E-state index >= 15 is 0 Å². The molecule has 1 unspecified atom stereocenters. The maximum absolute atomic E-state index is 6.02. The first-order valence-corrected chi connectivity index (χ1v) is 6.62. The number of hydrogen-bond donors (Lipinski definition) is 2. The maximum Gasteiger partial charge on any atom is 0.0535 e. The summed E-state index contributed by atoms with van der Waals surface area (Å²) in [6.07, 6.45) is 4.14. The minimum Gasteiger partial charge on any atom is -0.306 e. The molecule has 2 N–H and O–H groups in total. The normalized spacial score (nSPS) is 18.0. The Kier molecular flexibility index (Phi) is 3.10. The molecular formula is C14H16ClN3. The minimum absolute atomic E-state index is 0.437. The highest BCUT2D eigenvalue weighted by molar-refractivity contribution is 6.30. The third kappa shape index (κ3) is 2.16. The molecule has 2 aromatic rings. The number of hydrogen-bond acceptors (Lipinski definition) is 2. The summed E-state index contributed by atoms with van der Waals surface area (Å²) in [7, 11) is 0. The molecule has 0 spiro atoms. The van der Waals surface area contributed by atoms with Gasteiger partial charge in [0.25, 0.3) is 0 Å². The van der Waals surface area contributed by atoms with Crippen molar-refractivity contribution in [3.63, 3.8) is 0 Å². The van der Waals surface area contributed by atoms with E-state index in [0.717, 1.165) is 30.1 Å². The lowest BCUT2D eigenvalue weighted by atomic mass is 10.1. The van der Waals surface area contributed by atoms with Gasteiger partial charge in [-0.1, -0.05) is 17.7 Å². The molecule has 0 aliphatic heterocycles. The Morgan fingerprint density at radius 3 is 3.17 bits per heavy atom. The van der Waals surface area contributed by atoms with Gasteiger partial charge in [-0.15, -0.1) is 0 Å². The molecule has 94 valence electrons. The van der Waals surface area contributed by atoms with Gasteiger partial charge >= 0.3 is 0 Å². The first-order chi connectivity index (χ1) is 8.74. The molecular weight excluding hydrogens is 246 g/mol. The average Bonchev–Trinajstić information content (AvgIpc) is 2.93. The summed E-state index contributed by atoms with van der Waals surface area (Å²) in [5.41, 5.74) is 5.14. The number of aromatic nitrogens is 2. The Hall–Kier alpha value is -1.32. The second-order valence-corrected chi connectivity index (χ2v) is 5.27. The second-order valence-electron chi connectivity index (χ2n) is 4.84. The van der Waals surface area contributed by atoms with Crippen LogP contribution in [0.15, 0.2) is 24.4 Å². The second kappa shape index (κ2) is 4.75. The first-order valence-electron chi connectivity index (χ1n) is 6.24. The van der Waals surface area contributed by atoms with Crippen molar-refractivity contribution >= 4 is 11.6 Å². The summed E-state index contributed by atoms with van der Waals surface area (Å²) in [5, 5.41) is 11.4. The van der Waals surface area contributed by atoms with Crippen molar-refractivity contribution in [1.82, 2.24) is 15.5 Å². The van der Waals surface area contributed by atoms with Gasteiger partial charge in [0, 0.05) is 28.9 Å². The minimum atomic E-state index is 0.437. The van der Waals surface area contributed by atoms with Crippen LogP contribution in [0.25, 0.3) is 0 Å². The van der Waals surface area contributed by atoms with Gasteiger partial charge in [0.15, 0.2) is 0 Å². The van der Waals surface area contributed by atoms with Crippen molar-refractivity contribution in [3.8, 4) is 0 Å². The molecule has 1 aliphatic carbocycles. The number of halogens is 1. The third-order valence-electron chi connectivity index (χ3n) is 3.66. The van der Waals surface area contributed by atoms with E-state index in [1.807, 2.05) is 19.2 Å². The molecule has 3 nitrogen and oxygen atoms in total. The SMILES string of the molecule is Cc1[nH]ncc1CNC1CCc2cc(Cl)ccc21. The predicted molar refractivity (Wildman–Crippen MR) is 72.7 cm³/mol. The molecule has 0 bridgehead atoms. The molecule has 1 atom stereocenters. The van der Waals surface area contributed by atoms with E-state index in [1.54, 1.807) is 0 Å². The van der Waals surface area contributed by atoms with Gasteiger partial charge in [-0.3, -0.25) is 5.10 Å². The lowest BCUT2D eigenvalue weighted by Crippen LogP contribution is -2.18. The van der Waals surface area contributed by atoms with E-state index in [0.29, 0.717) is 6.04 Å². The molecule has 1 aromatic heterocycles. The van der Waals surface area contributed by atoms with E-state index in [1.165, 1.54) is 16.7 Å². The zero-order chi connectivity index (χ0) is 12.5. The van der Waals surface area contributed by atoms with Gasteiger partial charge in [0.2, 0.25) is 0 Å². The number of rotatable bonds is 3. The Morgan fingerprint density at radius 1 is 1.50 bits per heavy atom. The maximum atomic E-state index is 6.02. The molecule has 0 amide bonds. The fourth-order valence-electron chi connectivity index (χ4n) is 2.59. The zero-order valence-corrected chi connectivity index (χ0v) is 11.1. The third-order valence-corrected chi connectivity index (χ3v) is 3.89. The van der Waals surface area contributed by atoms with Crippen molar-refractivity contribution in [2.24, 2.45) is 0 Å². The number of nitrogens with one attached hydrogen (secondary N) is 2. The van der Waals surface area contributed by atoms with Crippen LogP contribution >= 0.6 is 11.6 Å². The van der Waals surface area contributed by atoms with Crippen molar-refractivity contribution in [3.05, 3.63) is 51.8 Å². The van der Waals surface area contributed by atoms with E-state index in [4.69, 9.17) is 11.6 Å². The molecule has 4 heteroatoms. The van der Waals surface area contributed by atoms with Crippen LogP contribution in [-0.2, 0) is 13.0 Å². The lowest BCUT2D eigenvalue weighted by molar-refractivity contribution is 0.529. The fraction of sp³-hybridized carbons (Fsp3) is 0.357. The van der Waals surface area contributed by atoms with Crippen LogP contribution in [-0.4, -0.2) is 10.2 Å². The van der Waals surface area contributed by atoms with Crippen LogP contribution < -0.4 is 5.32 Å². The highest BCUT2D eigenvalue weighted by Gasteiger charge is 2.22. The Morgan fingerprint density at radius 2 is 2.39 bits per heavy atom. The van der Waals surface area contributed by atoms with Gasteiger partial charge in [-0.05, 0) is 43.0 Å². The first kappa shape index (κ1) is 11.8. The van der Waals surface area contributed by atoms with Crippen molar-refractivity contribution in [2.75, 3.05) is 0 Å². The molecule has 0 saturated heterocycles. The monoisotopic (exact) mass is 261 g/mol. The summed E-state index contributed by atoms with van der Waals surface area (Å²) in [6.45, 7) is 2.90. The molecule has 1 aromatic carbocycles. The van der Waals surface area contributed by atoms with E-state index in [-0.39, 0.29) is 0 Å². The Bertz CT molecular complexity index is 562. The molecule has 0 saturated carbocycles. The zero-order valence-electron chi connectivity index (χ0n) is 10.3. The highest BCUT2D eigenvalue weighted by atomic mass is 35.5. The number of aryl methyl sites for hydroxylation is 2. The van der Waals surface area contributed by atoms with Gasteiger partial charge in [0.05, 0.1) is 6.20 Å². The van der Waals surface area contributed by atoms with Crippen LogP contribution in [0.4, 0.5) is 0 Å². The quantitative estimate of drug-likeness (QED) is 0.891. The van der Waals surface area contributed by atoms with Gasteiger partial charge in [0.1, 0.15) is 0 Å². The molecule has 18 heavy (non-hydrogen) atoms. The summed E-state index contributed by atoms with van der Waals surface area (Å²) >= 11 is 6.02. The Balaban J connectivity index is 1.71. The van der Waals surface area contributed by atoms with E-state index < -0.39 is 0 Å². The summed E-state index contributed by atoms with van der Waals surface area (Å²) in [6, 6.07) is 6.64. The van der Waals surface area contributed by atoms with Crippen LogP contribution in [0.1, 0.15) is 34.8 Å². The summed E-state index contributed by atoms with van der Waals surface area (Å²) < 4.78 is 0. The summed E-state index contributed by atoms with van der Waals surface area (Å²) in [5.74, 6) is 0.